The Morgan fingerprint density at radius 1 is 1.13 bits per heavy atom. The van der Waals surface area contributed by atoms with Crippen molar-refractivity contribution in [1.82, 2.24) is 24.1 Å². The quantitative estimate of drug-likeness (QED) is 0.541. The van der Waals surface area contributed by atoms with Gasteiger partial charge >= 0.3 is 0 Å². The highest BCUT2D eigenvalue weighted by molar-refractivity contribution is 5.86. The van der Waals surface area contributed by atoms with Crippen LogP contribution >= 0.6 is 0 Å². The van der Waals surface area contributed by atoms with Gasteiger partial charge in [-0.05, 0) is 61.8 Å². The van der Waals surface area contributed by atoms with Crippen LogP contribution in [0.3, 0.4) is 0 Å². The maximum atomic E-state index is 12.3. The van der Waals surface area contributed by atoms with Crippen LogP contribution in [0, 0.1) is 5.92 Å². The summed E-state index contributed by atoms with van der Waals surface area (Å²) in [6, 6.07) is 8.36. The Morgan fingerprint density at radius 3 is 2.87 bits per heavy atom. The molecule has 2 atom stereocenters. The van der Waals surface area contributed by atoms with Gasteiger partial charge in [0.1, 0.15) is 17.8 Å². The third kappa shape index (κ3) is 3.08. The van der Waals surface area contributed by atoms with Crippen molar-refractivity contribution in [2.24, 2.45) is 13.0 Å². The maximum absolute atomic E-state index is 12.3. The fourth-order valence-corrected chi connectivity index (χ4v) is 4.71. The summed E-state index contributed by atoms with van der Waals surface area (Å²) in [7, 11) is 1.64. The number of hydrogen-bond acceptors (Lipinski definition) is 6. The molecule has 5 rings (SSSR count). The van der Waals surface area contributed by atoms with Gasteiger partial charge in [0.15, 0.2) is 0 Å². The molecule has 1 aromatic carbocycles. The molecule has 0 amide bonds. The number of benzene rings is 1. The van der Waals surface area contributed by atoms with E-state index in [9.17, 15) is 4.79 Å². The van der Waals surface area contributed by atoms with Crippen LogP contribution in [0.2, 0.25) is 0 Å². The smallest absolute Gasteiger partial charge is 0.262 e. The molecule has 3 heterocycles. The summed E-state index contributed by atoms with van der Waals surface area (Å²) in [4.78, 5) is 25.2. The standard InChI is InChI=1S/C22H25N7O/c1-28-21(30)16-7-5-14(11-18(16)27-22(28)24)3-2-13-4-6-15(10-13)29-9-8-17-19(23)25-12-26-20(17)29/h5,7-9,11-13,15H,2-4,6,10H2,1H3,(H2,24,27)(H2,23,25,26). The molecule has 0 saturated heterocycles. The molecule has 1 fully saturated rings. The Bertz CT molecular complexity index is 1310. The second-order valence-corrected chi connectivity index (χ2v) is 8.28. The summed E-state index contributed by atoms with van der Waals surface area (Å²) < 4.78 is 3.63. The molecule has 4 aromatic rings. The van der Waals surface area contributed by atoms with Crippen molar-refractivity contribution < 1.29 is 0 Å². The average Bonchev–Trinajstić information content (AvgIpc) is 3.38. The highest BCUT2D eigenvalue weighted by atomic mass is 16.1. The van der Waals surface area contributed by atoms with E-state index in [-0.39, 0.29) is 11.5 Å². The van der Waals surface area contributed by atoms with Crippen molar-refractivity contribution in [2.75, 3.05) is 11.5 Å². The number of aryl methyl sites for hydroxylation is 1. The number of nitrogens with two attached hydrogens (primary N) is 2. The largest absolute Gasteiger partial charge is 0.383 e. The normalized spacial score (nSPS) is 19.1. The third-order valence-corrected chi connectivity index (χ3v) is 6.46. The molecular formula is C22H25N7O. The minimum Gasteiger partial charge on any atom is -0.383 e. The van der Waals surface area contributed by atoms with Crippen molar-refractivity contribution in [3.8, 4) is 0 Å². The van der Waals surface area contributed by atoms with Gasteiger partial charge in [0.05, 0.1) is 16.3 Å². The first-order chi connectivity index (χ1) is 14.5. The van der Waals surface area contributed by atoms with Crippen molar-refractivity contribution in [3.63, 3.8) is 0 Å². The Labute approximate surface area is 173 Å². The lowest BCUT2D eigenvalue weighted by Crippen LogP contribution is -2.21. The zero-order chi connectivity index (χ0) is 20.8. The van der Waals surface area contributed by atoms with Gasteiger partial charge in [-0.3, -0.25) is 9.36 Å². The van der Waals surface area contributed by atoms with Crippen LogP contribution in [0.5, 0.6) is 0 Å². The molecule has 3 aromatic heterocycles. The van der Waals surface area contributed by atoms with Gasteiger partial charge in [0.25, 0.3) is 5.56 Å². The van der Waals surface area contributed by atoms with Crippen LogP contribution in [0.15, 0.2) is 41.6 Å². The lowest BCUT2D eigenvalue weighted by Gasteiger charge is -2.14. The molecule has 0 bridgehead atoms. The summed E-state index contributed by atoms with van der Waals surface area (Å²) in [6.07, 6.45) is 9.17. The SMILES string of the molecule is Cn1c(N)nc2cc(CCC3CCC(n4ccc5c(N)ncnc54)C3)ccc2c1=O. The van der Waals surface area contributed by atoms with Crippen LogP contribution in [-0.4, -0.2) is 24.1 Å². The molecule has 1 saturated carbocycles. The second kappa shape index (κ2) is 7.12. The molecule has 0 aliphatic heterocycles. The molecule has 154 valence electrons. The Kier molecular flexibility index (Phi) is 4.42. The van der Waals surface area contributed by atoms with Gasteiger partial charge < -0.3 is 16.0 Å². The van der Waals surface area contributed by atoms with E-state index in [0.29, 0.717) is 28.7 Å². The minimum atomic E-state index is -0.105. The van der Waals surface area contributed by atoms with Crippen LogP contribution in [0.4, 0.5) is 11.8 Å². The maximum Gasteiger partial charge on any atom is 0.262 e. The fourth-order valence-electron chi connectivity index (χ4n) is 4.71. The lowest BCUT2D eigenvalue weighted by atomic mass is 9.97. The first-order valence-electron chi connectivity index (χ1n) is 10.3. The molecule has 2 unspecified atom stereocenters. The zero-order valence-corrected chi connectivity index (χ0v) is 17.0. The zero-order valence-electron chi connectivity index (χ0n) is 17.0. The van der Waals surface area contributed by atoms with E-state index < -0.39 is 0 Å². The molecule has 1 aliphatic rings. The predicted molar refractivity (Wildman–Crippen MR) is 118 cm³/mol. The van der Waals surface area contributed by atoms with Crippen LogP contribution in [0.1, 0.15) is 37.3 Å². The first kappa shape index (κ1) is 18.6. The van der Waals surface area contributed by atoms with Crippen molar-refractivity contribution in [3.05, 3.63) is 52.7 Å². The van der Waals surface area contributed by atoms with E-state index in [4.69, 9.17) is 11.5 Å². The Morgan fingerprint density at radius 2 is 2.00 bits per heavy atom. The van der Waals surface area contributed by atoms with Gasteiger partial charge in [0, 0.05) is 19.3 Å². The fraction of sp³-hybridized carbons (Fsp3) is 0.364. The van der Waals surface area contributed by atoms with Gasteiger partial charge in [-0.25, -0.2) is 15.0 Å². The van der Waals surface area contributed by atoms with Gasteiger partial charge in [-0.1, -0.05) is 6.07 Å². The highest BCUT2D eigenvalue weighted by Crippen LogP contribution is 2.39. The number of hydrogen-bond donors (Lipinski definition) is 2. The second-order valence-electron chi connectivity index (χ2n) is 8.28. The molecule has 8 heteroatoms. The molecule has 0 spiro atoms. The lowest BCUT2D eigenvalue weighted by molar-refractivity contribution is 0.461. The van der Waals surface area contributed by atoms with Crippen molar-refractivity contribution >= 4 is 33.7 Å². The van der Waals surface area contributed by atoms with Crippen LogP contribution < -0.4 is 17.0 Å². The van der Waals surface area contributed by atoms with Gasteiger partial charge in [-0.15, -0.1) is 0 Å². The number of nitrogen functional groups attached to an aromatic ring is 2. The number of rotatable bonds is 4. The number of nitrogens with zero attached hydrogens (tertiary/aromatic N) is 5. The average molecular weight is 403 g/mol. The van der Waals surface area contributed by atoms with Crippen molar-refractivity contribution in [2.45, 2.75) is 38.1 Å². The Hall–Kier alpha value is -3.42. The number of fused-ring (bicyclic) bond motifs is 2. The van der Waals surface area contributed by atoms with Gasteiger partial charge in [0.2, 0.25) is 5.95 Å². The molecule has 0 radical (unpaired) electrons. The topological polar surface area (TPSA) is 118 Å². The summed E-state index contributed by atoms with van der Waals surface area (Å²) in [6.45, 7) is 0. The summed E-state index contributed by atoms with van der Waals surface area (Å²) >= 11 is 0. The monoisotopic (exact) mass is 403 g/mol. The summed E-state index contributed by atoms with van der Waals surface area (Å²) in [5.74, 6) is 1.43. The first-order valence-corrected chi connectivity index (χ1v) is 10.3. The van der Waals surface area contributed by atoms with E-state index >= 15 is 0 Å². The molecule has 4 N–H and O–H groups in total. The highest BCUT2D eigenvalue weighted by Gasteiger charge is 2.27. The van der Waals surface area contributed by atoms with Crippen LogP contribution in [-0.2, 0) is 13.5 Å². The molecule has 1 aliphatic carbocycles. The van der Waals surface area contributed by atoms with Crippen LogP contribution in [0.25, 0.3) is 21.9 Å². The van der Waals surface area contributed by atoms with Gasteiger partial charge in [-0.2, -0.15) is 0 Å². The van der Waals surface area contributed by atoms with E-state index in [1.54, 1.807) is 7.05 Å². The Balaban J connectivity index is 1.29. The molecule has 30 heavy (non-hydrogen) atoms. The third-order valence-electron chi connectivity index (χ3n) is 6.46. The number of anilines is 2. The molecule has 8 nitrogen and oxygen atoms in total. The van der Waals surface area contributed by atoms with E-state index in [1.807, 2.05) is 24.3 Å². The summed E-state index contributed by atoms with van der Waals surface area (Å²) in [5.41, 5.74) is 14.5. The summed E-state index contributed by atoms with van der Waals surface area (Å²) in [5, 5.41) is 1.53. The molecular weight excluding hydrogens is 378 g/mol. The van der Waals surface area contributed by atoms with E-state index in [0.717, 1.165) is 36.7 Å². The van der Waals surface area contributed by atoms with E-state index in [2.05, 4.69) is 25.7 Å². The minimum absolute atomic E-state index is 0.105. The van der Waals surface area contributed by atoms with Crippen molar-refractivity contribution in [1.29, 1.82) is 0 Å². The van der Waals surface area contributed by atoms with E-state index in [1.165, 1.54) is 22.9 Å². The number of aromatic nitrogens is 5. The predicted octanol–water partition coefficient (Wildman–Crippen LogP) is 2.82.